The molecule has 1 fully saturated rings. The van der Waals surface area contributed by atoms with E-state index in [4.69, 9.17) is 5.73 Å². The molecular weight excluding hydrogens is 248 g/mol. The zero-order valence-electron chi connectivity index (χ0n) is 12.0. The van der Waals surface area contributed by atoms with Crippen LogP contribution in [0.2, 0.25) is 0 Å². The maximum atomic E-state index is 9.56. The number of likely N-dealkylation sites (tertiary alicyclic amines) is 1. The Morgan fingerprint density at radius 3 is 3.00 bits per heavy atom. The highest BCUT2D eigenvalue weighted by Crippen LogP contribution is 2.19. The Hall–Kier alpha value is -1.34. The van der Waals surface area contributed by atoms with Crippen LogP contribution in [-0.2, 0) is 6.54 Å². The third kappa shape index (κ3) is 4.35. The SMILES string of the molecule is NCC#Cc1cccc(CN2CCCCCC2CO)c1. The molecule has 3 nitrogen and oxygen atoms in total. The molecule has 0 radical (unpaired) electrons. The second-order valence-corrected chi connectivity index (χ2v) is 5.36. The third-order valence-corrected chi connectivity index (χ3v) is 3.86. The van der Waals surface area contributed by atoms with Gasteiger partial charge in [0.1, 0.15) is 0 Å². The van der Waals surface area contributed by atoms with Crippen LogP contribution in [0.4, 0.5) is 0 Å². The Balaban J connectivity index is 2.07. The Kier molecular flexibility index (Phi) is 6.07. The van der Waals surface area contributed by atoms with Gasteiger partial charge in [0.15, 0.2) is 0 Å². The molecule has 1 aliphatic rings. The van der Waals surface area contributed by atoms with E-state index in [0.717, 1.165) is 25.1 Å². The van der Waals surface area contributed by atoms with E-state index in [0.29, 0.717) is 12.6 Å². The topological polar surface area (TPSA) is 49.5 Å². The van der Waals surface area contributed by atoms with E-state index >= 15 is 0 Å². The quantitative estimate of drug-likeness (QED) is 0.824. The lowest BCUT2D eigenvalue weighted by Gasteiger charge is -2.28. The Morgan fingerprint density at radius 1 is 1.30 bits per heavy atom. The second kappa shape index (κ2) is 8.06. The predicted molar refractivity (Wildman–Crippen MR) is 82.1 cm³/mol. The molecule has 1 heterocycles. The van der Waals surface area contributed by atoms with Crippen molar-refractivity contribution in [3.8, 4) is 11.8 Å². The second-order valence-electron chi connectivity index (χ2n) is 5.36. The van der Waals surface area contributed by atoms with Crippen LogP contribution in [0.1, 0.15) is 36.8 Å². The molecule has 0 aliphatic carbocycles. The average molecular weight is 272 g/mol. The molecule has 0 saturated carbocycles. The van der Waals surface area contributed by atoms with Crippen molar-refractivity contribution in [1.82, 2.24) is 4.90 Å². The minimum atomic E-state index is 0.257. The van der Waals surface area contributed by atoms with Gasteiger partial charge in [-0.3, -0.25) is 4.90 Å². The summed E-state index contributed by atoms with van der Waals surface area (Å²) in [6.07, 6.45) is 4.82. The van der Waals surface area contributed by atoms with Gasteiger partial charge in [-0.25, -0.2) is 0 Å². The van der Waals surface area contributed by atoms with Gasteiger partial charge >= 0.3 is 0 Å². The van der Waals surface area contributed by atoms with Crippen molar-refractivity contribution in [3.05, 3.63) is 35.4 Å². The molecule has 20 heavy (non-hydrogen) atoms. The van der Waals surface area contributed by atoms with Gasteiger partial charge in [-0.15, -0.1) is 0 Å². The first-order valence-corrected chi connectivity index (χ1v) is 7.46. The van der Waals surface area contributed by atoms with Gasteiger partial charge in [-0.05, 0) is 37.1 Å². The number of nitrogens with zero attached hydrogens (tertiary/aromatic N) is 1. The third-order valence-electron chi connectivity index (χ3n) is 3.86. The molecule has 0 aromatic heterocycles. The van der Waals surface area contributed by atoms with Crippen LogP contribution in [0.3, 0.4) is 0 Å². The smallest absolute Gasteiger partial charge is 0.0586 e. The molecule has 108 valence electrons. The van der Waals surface area contributed by atoms with Crippen LogP contribution in [0, 0.1) is 11.8 Å². The van der Waals surface area contributed by atoms with Crippen molar-refractivity contribution >= 4 is 0 Å². The summed E-state index contributed by atoms with van der Waals surface area (Å²) in [5.74, 6) is 5.97. The van der Waals surface area contributed by atoms with E-state index in [1.54, 1.807) is 0 Å². The summed E-state index contributed by atoms with van der Waals surface area (Å²) in [5, 5.41) is 9.56. The van der Waals surface area contributed by atoms with Gasteiger partial charge in [0.05, 0.1) is 13.2 Å². The lowest BCUT2D eigenvalue weighted by atomic mass is 10.1. The highest BCUT2D eigenvalue weighted by Gasteiger charge is 2.20. The largest absolute Gasteiger partial charge is 0.395 e. The van der Waals surface area contributed by atoms with Crippen molar-refractivity contribution < 1.29 is 5.11 Å². The minimum absolute atomic E-state index is 0.257. The summed E-state index contributed by atoms with van der Waals surface area (Å²) in [6, 6.07) is 8.62. The van der Waals surface area contributed by atoms with Crippen LogP contribution in [0.25, 0.3) is 0 Å². The number of rotatable bonds is 3. The van der Waals surface area contributed by atoms with Gasteiger partial charge < -0.3 is 10.8 Å². The Labute approximate surface area is 121 Å². The lowest BCUT2D eigenvalue weighted by Crippen LogP contribution is -2.36. The molecular formula is C17H24N2O. The fourth-order valence-electron chi connectivity index (χ4n) is 2.79. The van der Waals surface area contributed by atoms with E-state index in [2.05, 4.69) is 28.9 Å². The number of aliphatic hydroxyl groups is 1. The first-order valence-electron chi connectivity index (χ1n) is 7.46. The minimum Gasteiger partial charge on any atom is -0.395 e. The zero-order chi connectivity index (χ0) is 14.2. The first kappa shape index (κ1) is 15.1. The molecule has 0 amide bonds. The maximum Gasteiger partial charge on any atom is 0.0586 e. The van der Waals surface area contributed by atoms with Crippen LogP contribution >= 0.6 is 0 Å². The Morgan fingerprint density at radius 2 is 2.20 bits per heavy atom. The highest BCUT2D eigenvalue weighted by molar-refractivity contribution is 5.37. The van der Waals surface area contributed by atoms with E-state index < -0.39 is 0 Å². The molecule has 1 unspecified atom stereocenters. The number of benzene rings is 1. The van der Waals surface area contributed by atoms with Gasteiger partial charge in [0, 0.05) is 18.2 Å². The summed E-state index contributed by atoms with van der Waals surface area (Å²) < 4.78 is 0. The average Bonchev–Trinajstić information content (AvgIpc) is 2.70. The number of hydrogen-bond acceptors (Lipinski definition) is 3. The normalized spacial score (nSPS) is 20.0. The first-order chi connectivity index (χ1) is 9.83. The molecule has 1 atom stereocenters. The zero-order valence-corrected chi connectivity index (χ0v) is 12.0. The standard InChI is InChI=1S/C17H24N2O/c18-10-5-8-15-6-4-7-16(12-15)13-19-11-3-1-2-9-17(19)14-20/h4,6-7,12,17,20H,1-3,9-11,13-14,18H2. The summed E-state index contributed by atoms with van der Waals surface area (Å²) in [5.41, 5.74) is 7.68. The van der Waals surface area contributed by atoms with Crippen molar-refractivity contribution in [2.75, 3.05) is 19.7 Å². The van der Waals surface area contributed by atoms with Crippen LogP contribution in [0.15, 0.2) is 24.3 Å². The van der Waals surface area contributed by atoms with E-state index in [1.807, 2.05) is 12.1 Å². The van der Waals surface area contributed by atoms with Crippen molar-refractivity contribution in [3.63, 3.8) is 0 Å². The molecule has 1 saturated heterocycles. The fraction of sp³-hybridized carbons (Fsp3) is 0.529. The van der Waals surface area contributed by atoms with Crippen LogP contribution in [-0.4, -0.2) is 35.7 Å². The van der Waals surface area contributed by atoms with Crippen molar-refractivity contribution in [2.45, 2.75) is 38.3 Å². The number of nitrogens with two attached hydrogens (primary N) is 1. The van der Waals surface area contributed by atoms with E-state index in [1.165, 1.54) is 24.8 Å². The van der Waals surface area contributed by atoms with Gasteiger partial charge in [0.2, 0.25) is 0 Å². The Bertz CT molecular complexity index is 475. The molecule has 1 aliphatic heterocycles. The number of hydrogen-bond donors (Lipinski definition) is 2. The number of aliphatic hydroxyl groups excluding tert-OH is 1. The molecule has 0 bridgehead atoms. The molecule has 1 aromatic rings. The molecule has 3 heteroatoms. The molecule has 3 N–H and O–H groups in total. The van der Waals surface area contributed by atoms with Gasteiger partial charge in [-0.1, -0.05) is 36.8 Å². The van der Waals surface area contributed by atoms with Crippen LogP contribution < -0.4 is 5.73 Å². The van der Waals surface area contributed by atoms with E-state index in [-0.39, 0.29) is 6.61 Å². The van der Waals surface area contributed by atoms with E-state index in [9.17, 15) is 5.11 Å². The summed E-state index contributed by atoms with van der Waals surface area (Å²) in [6.45, 7) is 2.61. The maximum absolute atomic E-state index is 9.56. The van der Waals surface area contributed by atoms with Crippen molar-refractivity contribution in [1.29, 1.82) is 0 Å². The molecule has 1 aromatic carbocycles. The molecule has 2 rings (SSSR count). The monoisotopic (exact) mass is 272 g/mol. The summed E-state index contributed by atoms with van der Waals surface area (Å²) in [4.78, 5) is 2.41. The molecule has 0 spiro atoms. The van der Waals surface area contributed by atoms with Crippen molar-refractivity contribution in [2.24, 2.45) is 5.73 Å². The lowest BCUT2D eigenvalue weighted by molar-refractivity contribution is 0.118. The summed E-state index contributed by atoms with van der Waals surface area (Å²) >= 11 is 0. The van der Waals surface area contributed by atoms with Crippen LogP contribution in [0.5, 0.6) is 0 Å². The summed E-state index contributed by atoms with van der Waals surface area (Å²) in [7, 11) is 0. The predicted octanol–water partition coefficient (Wildman–Crippen LogP) is 1.73. The van der Waals surface area contributed by atoms with Gasteiger partial charge in [-0.2, -0.15) is 0 Å². The fourth-order valence-corrected chi connectivity index (χ4v) is 2.79. The van der Waals surface area contributed by atoms with Gasteiger partial charge in [0.25, 0.3) is 0 Å². The highest BCUT2D eigenvalue weighted by atomic mass is 16.3.